The topological polar surface area (TPSA) is 71.9 Å². The second-order valence-electron chi connectivity index (χ2n) is 9.70. The van der Waals surface area contributed by atoms with Crippen LogP contribution in [0.1, 0.15) is 43.0 Å². The maximum Gasteiger partial charge on any atom is 0.309 e. The zero-order chi connectivity index (χ0) is 28.2. The highest BCUT2D eigenvalue weighted by Crippen LogP contribution is 2.41. The van der Waals surface area contributed by atoms with Crippen molar-refractivity contribution in [1.29, 1.82) is 0 Å². The molecule has 210 valence electrons. The number of halogens is 5. The summed E-state index contributed by atoms with van der Waals surface area (Å²) in [7, 11) is 1.47. The molecular weight excluding hydrogens is 523 g/mol. The number of alkyl halides is 2. The molecule has 0 amide bonds. The van der Waals surface area contributed by atoms with Gasteiger partial charge in [-0.05, 0) is 57.0 Å². The van der Waals surface area contributed by atoms with Crippen molar-refractivity contribution in [3.63, 3.8) is 0 Å². The molecule has 1 N–H and O–H groups in total. The molecule has 1 atom stereocenters. The van der Waals surface area contributed by atoms with Gasteiger partial charge in [-0.25, -0.2) is 17.6 Å². The molecule has 11 heteroatoms. The monoisotopic (exact) mass is 552 g/mol. The van der Waals surface area contributed by atoms with E-state index in [0.717, 1.165) is 6.07 Å². The molecule has 1 aliphatic heterocycles. The molecule has 1 aliphatic rings. The lowest BCUT2D eigenvalue weighted by Crippen LogP contribution is -2.45. The predicted molar refractivity (Wildman–Crippen MR) is 134 cm³/mol. The van der Waals surface area contributed by atoms with Gasteiger partial charge in [-0.15, -0.1) is 0 Å². The minimum atomic E-state index is -1.61. The molecule has 1 saturated heterocycles. The number of pyridine rings is 1. The van der Waals surface area contributed by atoms with Crippen molar-refractivity contribution in [2.45, 2.75) is 38.5 Å². The number of aliphatic carboxylic acids is 1. The molecule has 4 rings (SSSR count). The number of hydrogen-bond acceptors (Lipinski definition) is 5. The number of rotatable bonds is 11. The molecule has 3 aromatic rings. The van der Waals surface area contributed by atoms with Gasteiger partial charge in [0, 0.05) is 41.4 Å². The number of carboxylic acids is 1. The van der Waals surface area contributed by atoms with Crippen molar-refractivity contribution in [1.82, 2.24) is 9.88 Å². The Kier molecular flexibility index (Phi) is 8.89. The van der Waals surface area contributed by atoms with Gasteiger partial charge in [0.25, 0.3) is 0 Å². The van der Waals surface area contributed by atoms with Crippen LogP contribution in [-0.2, 0) is 11.5 Å². The number of aromatic nitrogens is 1. The average Bonchev–Trinajstić information content (AvgIpc) is 2.93. The molecule has 6 nitrogen and oxygen atoms in total. The zero-order valence-corrected chi connectivity index (χ0v) is 21.4. The Morgan fingerprint density at radius 1 is 1.18 bits per heavy atom. The Balaban J connectivity index is 1.39. The third-order valence-corrected chi connectivity index (χ3v) is 7.42. The molecule has 0 saturated carbocycles. The molecular formula is C28H29F5N2O4. The summed E-state index contributed by atoms with van der Waals surface area (Å²) < 4.78 is 80.3. The largest absolute Gasteiger partial charge is 0.497 e. The fourth-order valence-corrected chi connectivity index (χ4v) is 5.08. The van der Waals surface area contributed by atoms with Crippen molar-refractivity contribution >= 4 is 16.9 Å². The Hall–Kier alpha value is -3.47. The van der Waals surface area contributed by atoms with Crippen LogP contribution in [-0.4, -0.2) is 54.3 Å². The number of piperidine rings is 1. The van der Waals surface area contributed by atoms with Crippen LogP contribution in [0.3, 0.4) is 0 Å². The van der Waals surface area contributed by atoms with Gasteiger partial charge < -0.3 is 14.6 Å². The standard InChI is InChI=1S/C28H29F5N2O4/c1-38-19-2-3-23-20(14-19)25(17(15-29)16-34-23)21(31)4-5-28(27(36)37)6-8-35(9-7-28)10-11-39-24-13-18(30)12-22(32)26(24)33/h2-3,12-14,16,21H,4-11,15H2,1H3,(H,36,37). The van der Waals surface area contributed by atoms with Crippen LogP contribution in [0.5, 0.6) is 11.5 Å². The molecule has 1 aromatic heterocycles. The zero-order valence-electron chi connectivity index (χ0n) is 21.4. The van der Waals surface area contributed by atoms with Crippen LogP contribution < -0.4 is 9.47 Å². The van der Waals surface area contributed by atoms with Crippen LogP contribution in [0.4, 0.5) is 22.0 Å². The first-order valence-corrected chi connectivity index (χ1v) is 12.6. The fraction of sp³-hybridized carbons (Fsp3) is 0.429. The molecule has 2 heterocycles. The summed E-state index contributed by atoms with van der Waals surface area (Å²) in [5, 5.41) is 10.5. The van der Waals surface area contributed by atoms with E-state index in [1.54, 1.807) is 18.2 Å². The second-order valence-corrected chi connectivity index (χ2v) is 9.70. The van der Waals surface area contributed by atoms with Crippen molar-refractivity contribution in [3.05, 3.63) is 65.1 Å². The smallest absolute Gasteiger partial charge is 0.309 e. The highest BCUT2D eigenvalue weighted by molar-refractivity contribution is 5.85. The summed E-state index contributed by atoms with van der Waals surface area (Å²) in [5.41, 5.74) is -0.430. The number of methoxy groups -OCH3 is 1. The number of carbonyl (C=O) groups is 1. The predicted octanol–water partition coefficient (Wildman–Crippen LogP) is 6.17. The maximum absolute atomic E-state index is 15.7. The van der Waals surface area contributed by atoms with Crippen LogP contribution in [0.2, 0.25) is 0 Å². The van der Waals surface area contributed by atoms with E-state index >= 15 is 4.39 Å². The van der Waals surface area contributed by atoms with Gasteiger partial charge in [-0.1, -0.05) is 0 Å². The van der Waals surface area contributed by atoms with E-state index in [4.69, 9.17) is 9.47 Å². The molecule has 0 bridgehead atoms. The first kappa shape index (κ1) is 28.5. The molecule has 0 aliphatic carbocycles. The Morgan fingerprint density at radius 2 is 1.92 bits per heavy atom. The van der Waals surface area contributed by atoms with Gasteiger partial charge in [0.05, 0.1) is 18.0 Å². The summed E-state index contributed by atoms with van der Waals surface area (Å²) in [6.45, 7) is 0.0271. The molecule has 0 radical (unpaired) electrons. The van der Waals surface area contributed by atoms with E-state index in [2.05, 4.69) is 4.98 Å². The van der Waals surface area contributed by atoms with E-state index in [9.17, 15) is 27.5 Å². The van der Waals surface area contributed by atoms with Crippen LogP contribution >= 0.6 is 0 Å². The van der Waals surface area contributed by atoms with Gasteiger partial charge in [0.1, 0.15) is 31.0 Å². The van der Waals surface area contributed by atoms with E-state index in [1.165, 1.54) is 13.3 Å². The van der Waals surface area contributed by atoms with E-state index in [1.807, 2.05) is 4.90 Å². The third kappa shape index (κ3) is 6.24. The van der Waals surface area contributed by atoms with Crippen molar-refractivity contribution in [2.24, 2.45) is 5.41 Å². The highest BCUT2D eigenvalue weighted by Gasteiger charge is 2.42. The van der Waals surface area contributed by atoms with Crippen molar-refractivity contribution in [2.75, 3.05) is 33.4 Å². The quantitative estimate of drug-likeness (QED) is 0.227. The molecule has 1 unspecified atom stereocenters. The highest BCUT2D eigenvalue weighted by atomic mass is 19.2. The molecule has 1 fully saturated rings. The summed E-state index contributed by atoms with van der Waals surface area (Å²) in [6.07, 6.45) is 0.0775. The van der Waals surface area contributed by atoms with Gasteiger partial charge in [0.15, 0.2) is 11.6 Å². The third-order valence-electron chi connectivity index (χ3n) is 7.42. The summed E-state index contributed by atoms with van der Waals surface area (Å²) >= 11 is 0. The fourth-order valence-electron chi connectivity index (χ4n) is 5.08. The number of hydrogen-bond donors (Lipinski definition) is 1. The Morgan fingerprint density at radius 3 is 2.59 bits per heavy atom. The number of likely N-dealkylation sites (tertiary alicyclic amines) is 1. The van der Waals surface area contributed by atoms with Crippen molar-refractivity contribution < 1.29 is 41.3 Å². The average molecular weight is 553 g/mol. The van der Waals surface area contributed by atoms with E-state index in [0.29, 0.717) is 35.8 Å². The molecule has 2 aromatic carbocycles. The van der Waals surface area contributed by atoms with Gasteiger partial charge in [-0.3, -0.25) is 14.7 Å². The second kappa shape index (κ2) is 12.1. The van der Waals surface area contributed by atoms with Crippen LogP contribution in [0.25, 0.3) is 10.9 Å². The number of nitrogens with zero attached hydrogens (tertiary/aromatic N) is 2. The maximum atomic E-state index is 15.7. The number of fused-ring (bicyclic) bond motifs is 1. The van der Waals surface area contributed by atoms with Gasteiger partial charge >= 0.3 is 5.97 Å². The van der Waals surface area contributed by atoms with Crippen LogP contribution in [0, 0.1) is 22.9 Å². The van der Waals surface area contributed by atoms with E-state index in [-0.39, 0.29) is 50.0 Å². The lowest BCUT2D eigenvalue weighted by Gasteiger charge is -2.39. The first-order valence-electron chi connectivity index (χ1n) is 12.6. The lowest BCUT2D eigenvalue weighted by molar-refractivity contribution is -0.153. The van der Waals surface area contributed by atoms with Crippen molar-refractivity contribution in [3.8, 4) is 11.5 Å². The minimum absolute atomic E-state index is 0.0428. The molecule has 39 heavy (non-hydrogen) atoms. The minimum Gasteiger partial charge on any atom is -0.497 e. The van der Waals surface area contributed by atoms with Crippen LogP contribution in [0.15, 0.2) is 36.5 Å². The lowest BCUT2D eigenvalue weighted by atomic mass is 9.74. The van der Waals surface area contributed by atoms with E-state index < -0.39 is 47.4 Å². The summed E-state index contributed by atoms with van der Waals surface area (Å²) in [5.74, 6) is -4.69. The number of carboxylic acid groups (broad SMARTS) is 1. The Bertz CT molecular complexity index is 1330. The first-order chi connectivity index (χ1) is 18.7. The Labute approximate surface area is 222 Å². The van der Waals surface area contributed by atoms with Gasteiger partial charge in [0.2, 0.25) is 5.82 Å². The normalized spacial score (nSPS) is 16.3. The molecule has 0 spiro atoms. The summed E-state index contributed by atoms with van der Waals surface area (Å²) in [4.78, 5) is 18.4. The SMILES string of the molecule is COc1ccc2ncc(CF)c(C(F)CCC3(C(=O)O)CCN(CCOc4cc(F)cc(F)c4F)CC3)c2c1. The summed E-state index contributed by atoms with van der Waals surface area (Å²) in [6, 6.07) is 6.11. The van der Waals surface area contributed by atoms with Gasteiger partial charge in [-0.2, -0.15) is 4.39 Å². The number of benzene rings is 2. The number of ether oxygens (including phenoxy) is 2.